The van der Waals surface area contributed by atoms with E-state index in [0.29, 0.717) is 0 Å². The fourth-order valence-electron chi connectivity index (χ4n) is 0.797. The fourth-order valence-corrected chi connectivity index (χ4v) is 0.797. The van der Waals surface area contributed by atoms with Crippen LogP contribution in [0.25, 0.3) is 0 Å². The molecule has 4 nitrogen and oxygen atoms in total. The topological polar surface area (TPSA) is 55.6 Å². The molecule has 0 saturated heterocycles. The minimum atomic E-state index is -0.458. The number of likely N-dealkylation sites (N-methyl/N-ethyl adjacent to an activating group) is 1. The summed E-state index contributed by atoms with van der Waals surface area (Å²) in [5.74, 6) is 0.0157. The first-order chi connectivity index (χ1) is 5.54. The van der Waals surface area contributed by atoms with E-state index in [1.807, 2.05) is 13.8 Å². The van der Waals surface area contributed by atoms with Gasteiger partial charge in [0.05, 0.1) is 13.2 Å². The summed E-state index contributed by atoms with van der Waals surface area (Å²) in [6.45, 7) is 3.96. The molecule has 0 rings (SSSR count). The third-order valence-electron chi connectivity index (χ3n) is 2.13. The van der Waals surface area contributed by atoms with Gasteiger partial charge < -0.3 is 5.73 Å². The van der Waals surface area contributed by atoms with E-state index in [0.717, 1.165) is 11.5 Å². The minimum absolute atomic E-state index is 0.174. The lowest BCUT2D eigenvalue weighted by molar-refractivity contribution is -0.171. The molecular formula is C8H18N2O2. The second kappa shape index (κ2) is 5.11. The first kappa shape index (κ1) is 11.4. The Morgan fingerprint density at radius 2 is 2.17 bits per heavy atom. The molecule has 2 N–H and O–H groups in total. The maximum absolute atomic E-state index is 11.4. The zero-order chi connectivity index (χ0) is 9.72. The Labute approximate surface area is 73.6 Å². The van der Waals surface area contributed by atoms with Gasteiger partial charge in [0.15, 0.2) is 0 Å². The van der Waals surface area contributed by atoms with Gasteiger partial charge in [-0.15, -0.1) is 0 Å². The maximum atomic E-state index is 11.4. The SMILES string of the molecule is CCC(C)C(N)C(=O)N(C)OC. The van der Waals surface area contributed by atoms with Crippen molar-refractivity contribution in [2.24, 2.45) is 11.7 Å². The standard InChI is InChI=1S/C8H18N2O2/c1-5-6(2)7(9)8(11)10(3)12-4/h6-7H,5,9H2,1-4H3. The highest BCUT2D eigenvalue weighted by Gasteiger charge is 2.22. The second-order valence-corrected chi connectivity index (χ2v) is 2.93. The van der Waals surface area contributed by atoms with Gasteiger partial charge in [0.25, 0.3) is 5.91 Å². The highest BCUT2D eigenvalue weighted by atomic mass is 16.7. The normalized spacial score (nSPS) is 15.4. The van der Waals surface area contributed by atoms with Gasteiger partial charge in [-0.25, -0.2) is 5.06 Å². The number of hydrogen-bond donors (Lipinski definition) is 1. The maximum Gasteiger partial charge on any atom is 0.263 e. The number of nitrogens with zero attached hydrogens (tertiary/aromatic N) is 1. The number of hydroxylamine groups is 2. The van der Waals surface area contributed by atoms with Crippen molar-refractivity contribution in [3.05, 3.63) is 0 Å². The third-order valence-corrected chi connectivity index (χ3v) is 2.13. The molecule has 0 spiro atoms. The molecule has 12 heavy (non-hydrogen) atoms. The van der Waals surface area contributed by atoms with E-state index in [1.54, 1.807) is 7.05 Å². The van der Waals surface area contributed by atoms with Crippen LogP contribution in [0.1, 0.15) is 20.3 Å². The molecule has 0 aliphatic rings. The molecule has 0 aliphatic heterocycles. The number of carbonyl (C=O) groups excluding carboxylic acids is 1. The van der Waals surface area contributed by atoms with E-state index in [4.69, 9.17) is 10.6 Å². The van der Waals surface area contributed by atoms with Gasteiger partial charge >= 0.3 is 0 Å². The number of amides is 1. The van der Waals surface area contributed by atoms with Crippen LogP contribution in [0.5, 0.6) is 0 Å². The molecule has 0 aromatic carbocycles. The molecule has 0 heterocycles. The number of hydrogen-bond acceptors (Lipinski definition) is 3. The molecule has 1 amide bonds. The number of nitrogens with two attached hydrogens (primary N) is 1. The van der Waals surface area contributed by atoms with Crippen molar-refractivity contribution in [1.29, 1.82) is 0 Å². The van der Waals surface area contributed by atoms with E-state index in [2.05, 4.69) is 0 Å². The van der Waals surface area contributed by atoms with Crippen molar-refractivity contribution in [3.8, 4) is 0 Å². The lowest BCUT2D eigenvalue weighted by Gasteiger charge is -2.22. The molecule has 0 saturated carbocycles. The second-order valence-electron chi connectivity index (χ2n) is 2.93. The van der Waals surface area contributed by atoms with Crippen LogP contribution in [0, 0.1) is 5.92 Å². The Kier molecular flexibility index (Phi) is 4.85. The van der Waals surface area contributed by atoms with Crippen molar-refractivity contribution >= 4 is 5.91 Å². The minimum Gasteiger partial charge on any atom is -0.320 e. The molecule has 72 valence electrons. The van der Waals surface area contributed by atoms with Crippen molar-refractivity contribution in [2.75, 3.05) is 14.2 Å². The van der Waals surface area contributed by atoms with Crippen molar-refractivity contribution in [3.63, 3.8) is 0 Å². The molecule has 0 aromatic heterocycles. The number of carbonyl (C=O) groups is 1. The van der Waals surface area contributed by atoms with Gasteiger partial charge in [0.2, 0.25) is 0 Å². The van der Waals surface area contributed by atoms with Crippen molar-refractivity contribution in [1.82, 2.24) is 5.06 Å². The van der Waals surface area contributed by atoms with E-state index in [1.165, 1.54) is 7.11 Å². The third kappa shape index (κ3) is 2.79. The van der Waals surface area contributed by atoms with Crippen LogP contribution in [0.3, 0.4) is 0 Å². The van der Waals surface area contributed by atoms with Crippen LogP contribution >= 0.6 is 0 Å². The predicted molar refractivity (Wildman–Crippen MR) is 47.2 cm³/mol. The molecule has 0 aliphatic carbocycles. The zero-order valence-electron chi connectivity index (χ0n) is 8.20. The molecule has 4 heteroatoms. The fraction of sp³-hybridized carbons (Fsp3) is 0.875. The van der Waals surface area contributed by atoms with Gasteiger partial charge in [-0.1, -0.05) is 20.3 Å². The summed E-state index contributed by atoms with van der Waals surface area (Å²) in [6, 6.07) is -0.458. The summed E-state index contributed by atoms with van der Waals surface area (Å²) >= 11 is 0. The summed E-state index contributed by atoms with van der Waals surface area (Å²) < 4.78 is 0. The Morgan fingerprint density at radius 1 is 1.67 bits per heavy atom. The lowest BCUT2D eigenvalue weighted by atomic mass is 9.99. The molecular weight excluding hydrogens is 156 g/mol. The summed E-state index contributed by atoms with van der Waals surface area (Å²) in [5.41, 5.74) is 5.68. The highest BCUT2D eigenvalue weighted by molar-refractivity contribution is 5.80. The molecule has 0 bridgehead atoms. The molecule has 2 unspecified atom stereocenters. The first-order valence-corrected chi connectivity index (χ1v) is 4.11. The van der Waals surface area contributed by atoms with Crippen LogP contribution in [0.4, 0.5) is 0 Å². The Bertz CT molecular complexity index is 150. The molecule has 0 fully saturated rings. The number of rotatable bonds is 4. The average Bonchev–Trinajstić information content (AvgIpc) is 2.12. The van der Waals surface area contributed by atoms with Crippen LogP contribution in [0.2, 0.25) is 0 Å². The Hall–Kier alpha value is -0.610. The highest BCUT2D eigenvalue weighted by Crippen LogP contribution is 2.07. The van der Waals surface area contributed by atoms with Crippen LogP contribution in [0.15, 0.2) is 0 Å². The van der Waals surface area contributed by atoms with Gasteiger partial charge in [0, 0.05) is 7.05 Å². The monoisotopic (exact) mass is 174 g/mol. The average molecular weight is 174 g/mol. The quantitative estimate of drug-likeness (QED) is 0.627. The van der Waals surface area contributed by atoms with E-state index < -0.39 is 6.04 Å². The van der Waals surface area contributed by atoms with Crippen LogP contribution < -0.4 is 5.73 Å². The summed E-state index contributed by atoms with van der Waals surface area (Å²) in [6.07, 6.45) is 0.893. The van der Waals surface area contributed by atoms with Crippen molar-refractivity contribution < 1.29 is 9.63 Å². The molecule has 0 radical (unpaired) electrons. The Morgan fingerprint density at radius 3 is 2.50 bits per heavy atom. The summed E-state index contributed by atoms with van der Waals surface area (Å²) in [5, 5.41) is 1.16. The van der Waals surface area contributed by atoms with Crippen molar-refractivity contribution in [2.45, 2.75) is 26.3 Å². The first-order valence-electron chi connectivity index (χ1n) is 4.11. The Balaban J connectivity index is 4.09. The van der Waals surface area contributed by atoms with E-state index in [9.17, 15) is 4.79 Å². The smallest absolute Gasteiger partial charge is 0.263 e. The van der Waals surface area contributed by atoms with Gasteiger partial charge in [-0.2, -0.15) is 0 Å². The van der Waals surface area contributed by atoms with Gasteiger partial charge in [-0.05, 0) is 5.92 Å². The van der Waals surface area contributed by atoms with Gasteiger partial charge in [0.1, 0.15) is 0 Å². The molecule has 2 atom stereocenters. The van der Waals surface area contributed by atoms with E-state index in [-0.39, 0.29) is 11.8 Å². The zero-order valence-corrected chi connectivity index (χ0v) is 8.20. The largest absolute Gasteiger partial charge is 0.320 e. The lowest BCUT2D eigenvalue weighted by Crippen LogP contribution is -2.44. The van der Waals surface area contributed by atoms with Gasteiger partial charge in [-0.3, -0.25) is 9.63 Å². The summed E-state index contributed by atoms with van der Waals surface area (Å²) in [4.78, 5) is 16.1. The molecule has 0 aromatic rings. The van der Waals surface area contributed by atoms with Crippen LogP contribution in [-0.2, 0) is 9.63 Å². The predicted octanol–water partition coefficient (Wildman–Crippen LogP) is 0.380. The van der Waals surface area contributed by atoms with E-state index >= 15 is 0 Å². The summed E-state index contributed by atoms with van der Waals surface area (Å²) in [7, 11) is 3.01. The van der Waals surface area contributed by atoms with Crippen LogP contribution in [-0.4, -0.2) is 31.2 Å².